The second kappa shape index (κ2) is 5.13. The average Bonchev–Trinajstić information content (AvgIpc) is 2.89. The molecule has 1 aliphatic carbocycles. The fourth-order valence-corrected chi connectivity index (χ4v) is 2.31. The highest BCUT2D eigenvalue weighted by atomic mass is 16.6. The summed E-state index contributed by atoms with van der Waals surface area (Å²) in [6, 6.07) is 14.5. The van der Waals surface area contributed by atoms with Gasteiger partial charge in [-0.1, -0.05) is 24.3 Å². The van der Waals surface area contributed by atoms with Gasteiger partial charge >= 0.3 is 0 Å². The summed E-state index contributed by atoms with van der Waals surface area (Å²) in [6.45, 7) is 0. The van der Waals surface area contributed by atoms with Crippen molar-refractivity contribution in [2.45, 2.75) is 12.8 Å². The highest BCUT2D eigenvalue weighted by Crippen LogP contribution is 2.22. The van der Waals surface area contributed by atoms with Gasteiger partial charge in [-0.3, -0.25) is 15.5 Å². The first-order chi connectivity index (χ1) is 9.74. The van der Waals surface area contributed by atoms with Gasteiger partial charge in [-0.25, -0.2) is 0 Å². The molecule has 3 rings (SSSR count). The number of nitro benzene ring substituents is 1. The zero-order valence-electron chi connectivity index (χ0n) is 10.7. The van der Waals surface area contributed by atoms with E-state index in [-0.39, 0.29) is 5.69 Å². The summed E-state index contributed by atoms with van der Waals surface area (Å²) in [5.74, 6) is 0. The molecule has 2 aromatic rings. The van der Waals surface area contributed by atoms with E-state index in [1.165, 1.54) is 23.3 Å². The topological polar surface area (TPSA) is 67.5 Å². The summed E-state index contributed by atoms with van der Waals surface area (Å²) in [5, 5.41) is 15.0. The van der Waals surface area contributed by atoms with Crippen molar-refractivity contribution < 1.29 is 4.92 Å². The van der Waals surface area contributed by atoms with Gasteiger partial charge in [-0.2, -0.15) is 5.10 Å². The molecule has 0 radical (unpaired) electrons. The van der Waals surface area contributed by atoms with Gasteiger partial charge in [0.05, 0.1) is 16.3 Å². The lowest BCUT2D eigenvalue weighted by Crippen LogP contribution is -1.99. The fraction of sp³-hybridized carbons (Fsp3) is 0.133. The fourth-order valence-electron chi connectivity index (χ4n) is 2.31. The van der Waals surface area contributed by atoms with E-state index in [4.69, 9.17) is 0 Å². The number of aryl methyl sites for hydroxylation is 1. The molecule has 0 amide bonds. The van der Waals surface area contributed by atoms with Crippen LogP contribution in [0.25, 0.3) is 0 Å². The minimum absolute atomic E-state index is 0.0782. The number of nitrogens with zero attached hydrogens (tertiary/aromatic N) is 2. The standard InChI is InChI=1S/C15H13N3O2/c19-18(20)13-8-6-12(7-9-13)16-17-15-10-5-11-3-1-2-4-14(11)15/h1-4,6-9,16H,5,10H2/b17-15-. The van der Waals surface area contributed by atoms with Crippen molar-refractivity contribution in [2.24, 2.45) is 5.10 Å². The Balaban J connectivity index is 1.76. The highest BCUT2D eigenvalue weighted by molar-refractivity contribution is 6.04. The van der Waals surface area contributed by atoms with Crippen LogP contribution in [0.1, 0.15) is 17.5 Å². The first kappa shape index (κ1) is 12.3. The van der Waals surface area contributed by atoms with Crippen molar-refractivity contribution in [3.8, 4) is 0 Å². The molecule has 0 unspecified atom stereocenters. The van der Waals surface area contributed by atoms with E-state index >= 15 is 0 Å². The van der Waals surface area contributed by atoms with E-state index < -0.39 is 4.92 Å². The molecule has 100 valence electrons. The third-order valence-electron chi connectivity index (χ3n) is 3.36. The minimum atomic E-state index is -0.414. The Labute approximate surface area is 116 Å². The molecule has 0 spiro atoms. The molecule has 0 heterocycles. The molecular weight excluding hydrogens is 254 g/mol. The zero-order valence-corrected chi connectivity index (χ0v) is 10.7. The van der Waals surface area contributed by atoms with E-state index in [1.54, 1.807) is 12.1 Å². The molecule has 0 saturated carbocycles. The SMILES string of the molecule is O=[N+]([O-])c1ccc(N/N=C2/CCc3ccccc32)cc1. The third-order valence-corrected chi connectivity index (χ3v) is 3.36. The summed E-state index contributed by atoms with van der Waals surface area (Å²) in [5.41, 5.74) is 7.31. The number of hydrogen-bond donors (Lipinski definition) is 1. The summed E-state index contributed by atoms with van der Waals surface area (Å²) in [4.78, 5) is 10.2. The first-order valence-corrected chi connectivity index (χ1v) is 6.39. The monoisotopic (exact) mass is 267 g/mol. The lowest BCUT2D eigenvalue weighted by Gasteiger charge is -2.03. The van der Waals surface area contributed by atoms with Gasteiger partial charge in [0.15, 0.2) is 0 Å². The Hall–Kier alpha value is -2.69. The van der Waals surface area contributed by atoms with Crippen molar-refractivity contribution in [1.29, 1.82) is 0 Å². The third kappa shape index (κ3) is 2.38. The molecule has 0 aromatic heterocycles. The normalized spacial score (nSPS) is 15.1. The molecule has 0 bridgehead atoms. The lowest BCUT2D eigenvalue weighted by atomic mass is 10.1. The van der Waals surface area contributed by atoms with Crippen LogP contribution in [0.15, 0.2) is 53.6 Å². The van der Waals surface area contributed by atoms with Crippen LogP contribution in [-0.2, 0) is 6.42 Å². The zero-order chi connectivity index (χ0) is 13.9. The number of rotatable bonds is 3. The Morgan fingerprint density at radius 2 is 1.80 bits per heavy atom. The summed E-state index contributed by atoms with van der Waals surface area (Å²) in [7, 11) is 0. The summed E-state index contributed by atoms with van der Waals surface area (Å²) in [6.07, 6.45) is 1.93. The Morgan fingerprint density at radius 3 is 2.55 bits per heavy atom. The summed E-state index contributed by atoms with van der Waals surface area (Å²) >= 11 is 0. The molecule has 20 heavy (non-hydrogen) atoms. The van der Waals surface area contributed by atoms with Crippen LogP contribution in [0.2, 0.25) is 0 Å². The lowest BCUT2D eigenvalue weighted by molar-refractivity contribution is -0.384. The van der Waals surface area contributed by atoms with Gasteiger partial charge in [0.1, 0.15) is 0 Å². The number of benzene rings is 2. The van der Waals surface area contributed by atoms with Gasteiger partial charge in [-0.15, -0.1) is 0 Å². The van der Waals surface area contributed by atoms with Crippen molar-refractivity contribution in [1.82, 2.24) is 0 Å². The van der Waals surface area contributed by atoms with Crippen LogP contribution in [0, 0.1) is 10.1 Å². The second-order valence-corrected chi connectivity index (χ2v) is 4.63. The van der Waals surface area contributed by atoms with E-state index in [2.05, 4.69) is 22.7 Å². The minimum Gasteiger partial charge on any atom is -0.278 e. The van der Waals surface area contributed by atoms with Gasteiger partial charge in [0.2, 0.25) is 0 Å². The molecule has 5 heteroatoms. The molecule has 0 aliphatic heterocycles. The molecule has 0 fully saturated rings. The largest absolute Gasteiger partial charge is 0.278 e. The number of anilines is 1. The van der Waals surface area contributed by atoms with E-state index in [0.29, 0.717) is 0 Å². The van der Waals surface area contributed by atoms with E-state index in [0.717, 1.165) is 24.2 Å². The molecular formula is C15H13N3O2. The van der Waals surface area contributed by atoms with Crippen molar-refractivity contribution in [3.05, 3.63) is 69.8 Å². The van der Waals surface area contributed by atoms with E-state index in [1.807, 2.05) is 12.1 Å². The molecule has 1 aliphatic rings. The molecule has 5 nitrogen and oxygen atoms in total. The molecule has 1 N–H and O–H groups in total. The smallest absolute Gasteiger partial charge is 0.269 e. The number of non-ortho nitro benzene ring substituents is 1. The quantitative estimate of drug-likeness (QED) is 0.685. The van der Waals surface area contributed by atoms with Crippen molar-refractivity contribution >= 4 is 17.1 Å². The van der Waals surface area contributed by atoms with Crippen LogP contribution in [-0.4, -0.2) is 10.6 Å². The van der Waals surface area contributed by atoms with Crippen molar-refractivity contribution in [2.75, 3.05) is 5.43 Å². The van der Waals surface area contributed by atoms with Gasteiger partial charge in [-0.05, 0) is 30.5 Å². The Bertz CT molecular complexity index is 678. The number of nitrogens with one attached hydrogen (secondary N) is 1. The molecule has 0 atom stereocenters. The maximum Gasteiger partial charge on any atom is 0.269 e. The number of fused-ring (bicyclic) bond motifs is 1. The van der Waals surface area contributed by atoms with Crippen molar-refractivity contribution in [3.63, 3.8) is 0 Å². The van der Waals surface area contributed by atoms with Crippen LogP contribution in [0.4, 0.5) is 11.4 Å². The highest BCUT2D eigenvalue weighted by Gasteiger charge is 2.16. The Kier molecular flexibility index (Phi) is 3.16. The van der Waals surface area contributed by atoms with Crippen LogP contribution in [0.5, 0.6) is 0 Å². The van der Waals surface area contributed by atoms with Gasteiger partial charge < -0.3 is 0 Å². The van der Waals surface area contributed by atoms with E-state index in [9.17, 15) is 10.1 Å². The average molecular weight is 267 g/mol. The maximum atomic E-state index is 10.6. The summed E-state index contributed by atoms with van der Waals surface area (Å²) < 4.78 is 0. The maximum absolute atomic E-state index is 10.6. The second-order valence-electron chi connectivity index (χ2n) is 4.63. The van der Waals surface area contributed by atoms with Crippen LogP contribution < -0.4 is 5.43 Å². The predicted octanol–water partition coefficient (Wildman–Crippen LogP) is 3.36. The van der Waals surface area contributed by atoms with Gasteiger partial charge in [0, 0.05) is 17.7 Å². The molecule has 2 aromatic carbocycles. The first-order valence-electron chi connectivity index (χ1n) is 6.39. The number of hydrogen-bond acceptors (Lipinski definition) is 4. The van der Waals surface area contributed by atoms with Crippen LogP contribution >= 0.6 is 0 Å². The Morgan fingerprint density at radius 1 is 1.05 bits per heavy atom. The van der Waals surface area contributed by atoms with Gasteiger partial charge in [0.25, 0.3) is 5.69 Å². The number of hydrazone groups is 1. The van der Waals surface area contributed by atoms with Crippen LogP contribution in [0.3, 0.4) is 0 Å². The number of nitro groups is 1. The molecule has 0 saturated heterocycles. The predicted molar refractivity (Wildman–Crippen MR) is 78.0 cm³/mol.